The van der Waals surface area contributed by atoms with Gasteiger partial charge in [0.2, 0.25) is 0 Å². The summed E-state index contributed by atoms with van der Waals surface area (Å²) in [4.78, 5) is 23.1. The molecule has 0 atom stereocenters. The molecule has 6 nitrogen and oxygen atoms in total. The summed E-state index contributed by atoms with van der Waals surface area (Å²) in [7, 11) is 0. The lowest BCUT2D eigenvalue weighted by Crippen LogP contribution is -2.30. The van der Waals surface area contributed by atoms with Crippen LogP contribution < -0.4 is 10.6 Å². The maximum Gasteiger partial charge on any atom is 0.293 e. The lowest BCUT2D eigenvalue weighted by atomic mass is 9.89. The number of nitrogens with one attached hydrogen (secondary N) is 2. The summed E-state index contributed by atoms with van der Waals surface area (Å²) in [5.41, 5.74) is 0.831. The second-order valence-electron chi connectivity index (χ2n) is 6.62. The largest absolute Gasteiger partial charge is 0.377 e. The molecule has 0 unspecified atom stereocenters. The van der Waals surface area contributed by atoms with E-state index in [9.17, 15) is 14.9 Å². The van der Waals surface area contributed by atoms with Crippen LogP contribution in [0.2, 0.25) is 0 Å². The van der Waals surface area contributed by atoms with Gasteiger partial charge in [0, 0.05) is 24.2 Å². The van der Waals surface area contributed by atoms with Gasteiger partial charge < -0.3 is 10.6 Å². The molecule has 2 aliphatic carbocycles. The standard InChI is InChI=1S/C17H23N3O3/c21-17(18-11-12-4-2-1-3-5-12)13-6-9-15(19-14-7-8-14)16(10-13)20(22)23/h6,9-10,12,14,19H,1-5,7-8,11H2,(H,18,21). The summed E-state index contributed by atoms with van der Waals surface area (Å²) in [6, 6.07) is 5.01. The highest BCUT2D eigenvalue weighted by atomic mass is 16.6. The molecule has 0 saturated heterocycles. The summed E-state index contributed by atoms with van der Waals surface area (Å²) in [5.74, 6) is 0.315. The Morgan fingerprint density at radius 1 is 1.17 bits per heavy atom. The zero-order valence-electron chi connectivity index (χ0n) is 13.2. The molecule has 0 aromatic heterocycles. The fourth-order valence-corrected chi connectivity index (χ4v) is 3.12. The third-order valence-corrected chi connectivity index (χ3v) is 4.67. The lowest BCUT2D eigenvalue weighted by Gasteiger charge is -2.21. The van der Waals surface area contributed by atoms with Crippen molar-refractivity contribution >= 4 is 17.3 Å². The number of carbonyl (C=O) groups is 1. The number of rotatable bonds is 6. The topological polar surface area (TPSA) is 84.3 Å². The van der Waals surface area contributed by atoms with Crippen LogP contribution in [0.25, 0.3) is 0 Å². The van der Waals surface area contributed by atoms with Crippen LogP contribution in [0.1, 0.15) is 55.3 Å². The van der Waals surface area contributed by atoms with Gasteiger partial charge in [-0.25, -0.2) is 0 Å². The van der Waals surface area contributed by atoms with Crippen LogP contribution >= 0.6 is 0 Å². The Kier molecular flexibility index (Phi) is 4.79. The van der Waals surface area contributed by atoms with Gasteiger partial charge in [0.05, 0.1) is 4.92 Å². The number of nitro benzene ring substituents is 1. The summed E-state index contributed by atoms with van der Waals surface area (Å²) < 4.78 is 0. The fourth-order valence-electron chi connectivity index (χ4n) is 3.12. The molecule has 2 saturated carbocycles. The van der Waals surface area contributed by atoms with E-state index in [1.165, 1.54) is 25.3 Å². The van der Waals surface area contributed by atoms with Crippen molar-refractivity contribution in [2.45, 2.75) is 51.0 Å². The first-order valence-corrected chi connectivity index (χ1v) is 8.46. The van der Waals surface area contributed by atoms with Gasteiger partial charge in [-0.3, -0.25) is 14.9 Å². The van der Waals surface area contributed by atoms with Gasteiger partial charge in [0.15, 0.2) is 0 Å². The lowest BCUT2D eigenvalue weighted by molar-refractivity contribution is -0.384. The van der Waals surface area contributed by atoms with E-state index in [1.54, 1.807) is 12.1 Å². The molecular formula is C17H23N3O3. The third-order valence-electron chi connectivity index (χ3n) is 4.67. The molecule has 2 N–H and O–H groups in total. The Morgan fingerprint density at radius 3 is 2.57 bits per heavy atom. The molecule has 3 rings (SSSR count). The molecule has 1 aromatic rings. The van der Waals surface area contributed by atoms with E-state index >= 15 is 0 Å². The van der Waals surface area contributed by atoms with E-state index in [0.717, 1.165) is 25.7 Å². The van der Waals surface area contributed by atoms with Gasteiger partial charge >= 0.3 is 0 Å². The van der Waals surface area contributed by atoms with Gasteiger partial charge in [-0.05, 0) is 43.7 Å². The minimum Gasteiger partial charge on any atom is -0.377 e. The number of anilines is 1. The van der Waals surface area contributed by atoms with Gasteiger partial charge in [-0.15, -0.1) is 0 Å². The first kappa shape index (κ1) is 15.8. The second-order valence-corrected chi connectivity index (χ2v) is 6.62. The molecule has 0 spiro atoms. The molecule has 1 amide bonds. The van der Waals surface area contributed by atoms with Gasteiger partial charge in [0.1, 0.15) is 5.69 Å². The van der Waals surface area contributed by atoms with Crippen molar-refractivity contribution < 1.29 is 9.72 Å². The van der Waals surface area contributed by atoms with Gasteiger partial charge in [-0.2, -0.15) is 0 Å². The molecule has 124 valence electrons. The summed E-state index contributed by atoms with van der Waals surface area (Å²) in [5, 5.41) is 17.3. The van der Waals surface area contributed by atoms with Crippen LogP contribution in [-0.2, 0) is 0 Å². The summed E-state index contributed by atoms with van der Waals surface area (Å²) >= 11 is 0. The maximum atomic E-state index is 12.3. The highest BCUT2D eigenvalue weighted by Gasteiger charge is 2.25. The van der Waals surface area contributed by atoms with Crippen LogP contribution in [0.15, 0.2) is 18.2 Å². The van der Waals surface area contributed by atoms with Crippen molar-refractivity contribution in [1.29, 1.82) is 0 Å². The predicted octanol–water partition coefficient (Wildman–Crippen LogP) is 3.48. The fraction of sp³-hybridized carbons (Fsp3) is 0.588. The van der Waals surface area contributed by atoms with Crippen molar-refractivity contribution in [3.05, 3.63) is 33.9 Å². The highest BCUT2D eigenvalue weighted by molar-refractivity contribution is 5.95. The zero-order chi connectivity index (χ0) is 16.2. The number of amides is 1. The normalized spacial score (nSPS) is 18.4. The number of hydrogen-bond acceptors (Lipinski definition) is 4. The number of nitro groups is 1. The first-order valence-electron chi connectivity index (χ1n) is 8.46. The molecule has 1 aromatic carbocycles. The monoisotopic (exact) mass is 317 g/mol. The Hall–Kier alpha value is -2.11. The van der Waals surface area contributed by atoms with Crippen LogP contribution in [-0.4, -0.2) is 23.4 Å². The average molecular weight is 317 g/mol. The number of carbonyl (C=O) groups excluding carboxylic acids is 1. The van der Waals surface area contributed by atoms with Crippen LogP contribution in [0.4, 0.5) is 11.4 Å². The third kappa shape index (κ3) is 4.21. The minimum absolute atomic E-state index is 0.0257. The summed E-state index contributed by atoms with van der Waals surface area (Å²) in [6.45, 7) is 0.661. The Morgan fingerprint density at radius 2 is 1.91 bits per heavy atom. The second kappa shape index (κ2) is 6.98. The molecule has 6 heteroatoms. The van der Waals surface area contributed by atoms with Crippen molar-refractivity contribution in [1.82, 2.24) is 5.32 Å². The molecule has 0 radical (unpaired) electrons. The predicted molar refractivity (Wildman–Crippen MR) is 88.6 cm³/mol. The molecular weight excluding hydrogens is 294 g/mol. The number of nitrogens with zero attached hydrogens (tertiary/aromatic N) is 1. The number of benzene rings is 1. The Balaban J connectivity index is 1.64. The quantitative estimate of drug-likeness (QED) is 0.621. The van der Waals surface area contributed by atoms with Crippen molar-refractivity contribution in [3.8, 4) is 0 Å². The van der Waals surface area contributed by atoms with E-state index in [4.69, 9.17) is 0 Å². The Labute approximate surface area is 135 Å². The van der Waals surface area contributed by atoms with Crippen LogP contribution in [0.3, 0.4) is 0 Å². The molecule has 2 fully saturated rings. The molecule has 23 heavy (non-hydrogen) atoms. The van der Waals surface area contributed by atoms with Crippen LogP contribution in [0, 0.1) is 16.0 Å². The van der Waals surface area contributed by atoms with E-state index in [2.05, 4.69) is 10.6 Å². The van der Waals surface area contributed by atoms with Gasteiger partial charge in [0.25, 0.3) is 11.6 Å². The van der Waals surface area contributed by atoms with Crippen molar-refractivity contribution in [2.24, 2.45) is 5.92 Å². The molecule has 0 bridgehead atoms. The average Bonchev–Trinajstić information content (AvgIpc) is 3.37. The number of hydrogen-bond donors (Lipinski definition) is 2. The van der Waals surface area contributed by atoms with E-state index in [1.807, 2.05) is 0 Å². The summed E-state index contributed by atoms with van der Waals surface area (Å²) in [6.07, 6.45) is 8.14. The van der Waals surface area contributed by atoms with E-state index in [-0.39, 0.29) is 11.6 Å². The van der Waals surface area contributed by atoms with E-state index in [0.29, 0.717) is 29.8 Å². The zero-order valence-corrected chi connectivity index (χ0v) is 13.2. The molecule has 0 heterocycles. The molecule has 2 aliphatic rings. The maximum absolute atomic E-state index is 12.3. The molecule has 0 aliphatic heterocycles. The van der Waals surface area contributed by atoms with E-state index < -0.39 is 4.92 Å². The highest BCUT2D eigenvalue weighted by Crippen LogP contribution is 2.31. The van der Waals surface area contributed by atoms with Crippen molar-refractivity contribution in [2.75, 3.05) is 11.9 Å². The smallest absolute Gasteiger partial charge is 0.293 e. The van der Waals surface area contributed by atoms with Crippen molar-refractivity contribution in [3.63, 3.8) is 0 Å². The SMILES string of the molecule is O=C(NCC1CCCCC1)c1ccc(NC2CC2)c([N+](=O)[O-])c1. The Bertz CT molecular complexity index is 593. The van der Waals surface area contributed by atoms with Gasteiger partial charge in [-0.1, -0.05) is 19.3 Å². The first-order chi connectivity index (χ1) is 11.1. The van der Waals surface area contributed by atoms with Crippen LogP contribution in [0.5, 0.6) is 0 Å². The minimum atomic E-state index is -0.428.